The number of aryl methyl sites for hydroxylation is 2. The molecule has 0 radical (unpaired) electrons. The molecule has 0 atom stereocenters. The van der Waals surface area contributed by atoms with Crippen molar-refractivity contribution >= 4 is 12.0 Å². The van der Waals surface area contributed by atoms with Crippen molar-refractivity contribution in [2.24, 2.45) is 5.10 Å². The van der Waals surface area contributed by atoms with E-state index < -0.39 is 0 Å². The van der Waals surface area contributed by atoms with Crippen LogP contribution in [0, 0.1) is 19.7 Å². The van der Waals surface area contributed by atoms with E-state index in [-0.39, 0.29) is 17.2 Å². The third kappa shape index (κ3) is 3.91. The molecule has 0 aliphatic heterocycles. The molecule has 0 saturated heterocycles. The second-order valence-corrected chi connectivity index (χ2v) is 7.07. The molecule has 0 bridgehead atoms. The van der Waals surface area contributed by atoms with Crippen LogP contribution >= 0.6 is 0 Å². The molecule has 2 N–H and O–H groups in total. The van der Waals surface area contributed by atoms with E-state index in [2.05, 4.69) is 10.2 Å². The van der Waals surface area contributed by atoms with Crippen molar-refractivity contribution in [2.75, 3.05) is 5.73 Å². The highest BCUT2D eigenvalue weighted by atomic mass is 19.1. The number of pyridine rings is 1. The van der Waals surface area contributed by atoms with Crippen molar-refractivity contribution in [3.8, 4) is 16.9 Å². The van der Waals surface area contributed by atoms with Crippen molar-refractivity contribution in [1.29, 1.82) is 0 Å². The van der Waals surface area contributed by atoms with Gasteiger partial charge in [-0.1, -0.05) is 29.8 Å². The highest BCUT2D eigenvalue weighted by Gasteiger charge is 2.12. The van der Waals surface area contributed by atoms with Crippen LogP contribution in [0.15, 0.2) is 76.8 Å². The van der Waals surface area contributed by atoms with Crippen molar-refractivity contribution in [3.05, 3.63) is 99.7 Å². The van der Waals surface area contributed by atoms with Crippen LogP contribution in [0.4, 0.5) is 10.2 Å². The van der Waals surface area contributed by atoms with E-state index in [4.69, 9.17) is 5.73 Å². The summed E-state index contributed by atoms with van der Waals surface area (Å²) in [5, 5.41) is 8.95. The highest BCUT2D eigenvalue weighted by molar-refractivity contribution is 5.88. The Morgan fingerprint density at radius 1 is 1.00 bits per heavy atom. The van der Waals surface area contributed by atoms with Crippen LogP contribution in [-0.4, -0.2) is 20.7 Å². The van der Waals surface area contributed by atoms with Crippen LogP contribution in [0.2, 0.25) is 0 Å². The molecule has 2 aromatic carbocycles. The molecule has 0 amide bonds. The number of halogens is 1. The third-order valence-corrected chi connectivity index (χ3v) is 4.65. The van der Waals surface area contributed by atoms with Crippen LogP contribution in [0.25, 0.3) is 16.9 Å². The first kappa shape index (κ1) is 19.3. The maximum atomic E-state index is 13.3. The Balaban J connectivity index is 1.82. The lowest BCUT2D eigenvalue weighted by molar-refractivity contribution is 0.627. The number of aromatic nitrogens is 3. The van der Waals surface area contributed by atoms with E-state index in [0.717, 1.165) is 21.4 Å². The Bertz CT molecular complexity index is 1280. The zero-order valence-corrected chi connectivity index (χ0v) is 16.6. The lowest BCUT2D eigenvalue weighted by Gasteiger charge is -2.04. The minimum absolute atomic E-state index is 0.249. The van der Waals surface area contributed by atoms with Crippen LogP contribution < -0.4 is 11.3 Å². The number of nitrogens with zero attached hydrogens (tertiary/aromatic N) is 4. The molecule has 4 aromatic rings. The van der Waals surface area contributed by atoms with Gasteiger partial charge in [-0.25, -0.2) is 9.07 Å². The lowest BCUT2D eigenvalue weighted by Crippen LogP contribution is -2.19. The first-order valence-electron chi connectivity index (χ1n) is 9.37. The zero-order chi connectivity index (χ0) is 21.3. The summed E-state index contributed by atoms with van der Waals surface area (Å²) in [6.45, 7) is 3.81. The number of nitrogens with two attached hydrogens (primary N) is 1. The van der Waals surface area contributed by atoms with Crippen LogP contribution in [0.3, 0.4) is 0 Å². The molecule has 0 aliphatic rings. The molecule has 0 spiro atoms. The van der Waals surface area contributed by atoms with Gasteiger partial charge in [0.1, 0.15) is 17.3 Å². The van der Waals surface area contributed by atoms with Crippen molar-refractivity contribution < 1.29 is 4.39 Å². The number of benzene rings is 2. The summed E-state index contributed by atoms with van der Waals surface area (Å²) in [5.41, 5.74) is 10.5. The second kappa shape index (κ2) is 7.79. The molecule has 4 rings (SSSR count). The summed E-state index contributed by atoms with van der Waals surface area (Å²) in [6, 6.07) is 17.1. The fraction of sp³-hybridized carbons (Fsp3) is 0.0870. The smallest absolute Gasteiger partial charge is 0.273 e. The monoisotopic (exact) mass is 401 g/mol. The van der Waals surface area contributed by atoms with Gasteiger partial charge in [-0.15, -0.1) is 0 Å². The molecule has 30 heavy (non-hydrogen) atoms. The van der Waals surface area contributed by atoms with E-state index in [1.54, 1.807) is 42.2 Å². The van der Waals surface area contributed by atoms with Crippen LogP contribution in [0.1, 0.15) is 16.7 Å². The van der Waals surface area contributed by atoms with Gasteiger partial charge in [-0.3, -0.25) is 4.79 Å². The Morgan fingerprint density at radius 2 is 1.70 bits per heavy atom. The number of nitrogen functional groups attached to an aromatic ring is 1. The van der Waals surface area contributed by atoms with Gasteiger partial charge < -0.3 is 5.73 Å². The van der Waals surface area contributed by atoms with Crippen molar-refractivity contribution in [2.45, 2.75) is 13.8 Å². The Morgan fingerprint density at radius 3 is 2.37 bits per heavy atom. The predicted molar refractivity (Wildman–Crippen MR) is 117 cm³/mol. The Kier molecular flexibility index (Phi) is 5.02. The summed E-state index contributed by atoms with van der Waals surface area (Å²) in [4.78, 5) is 12.2. The van der Waals surface area contributed by atoms with Gasteiger partial charge in [0.15, 0.2) is 0 Å². The average molecular weight is 401 g/mol. The van der Waals surface area contributed by atoms with Gasteiger partial charge >= 0.3 is 0 Å². The summed E-state index contributed by atoms with van der Waals surface area (Å²) in [7, 11) is 0. The maximum Gasteiger partial charge on any atom is 0.273 e. The van der Waals surface area contributed by atoms with Crippen LogP contribution in [-0.2, 0) is 0 Å². The fourth-order valence-corrected chi connectivity index (χ4v) is 3.11. The summed E-state index contributed by atoms with van der Waals surface area (Å²) in [5.74, 6) is -0.0697. The van der Waals surface area contributed by atoms with E-state index in [0.29, 0.717) is 16.9 Å². The SMILES string of the molecule is Cc1ccc(-c2nn(-c3ccc(F)cc3)cc2/C=N\n2c(N)cc(C)cc2=O)cc1. The topological polar surface area (TPSA) is 78.2 Å². The zero-order valence-electron chi connectivity index (χ0n) is 16.6. The Hall–Kier alpha value is -4.00. The lowest BCUT2D eigenvalue weighted by atomic mass is 10.1. The molecular weight excluding hydrogens is 381 g/mol. The van der Waals surface area contributed by atoms with Crippen molar-refractivity contribution in [3.63, 3.8) is 0 Å². The molecule has 6 nitrogen and oxygen atoms in total. The molecule has 7 heteroatoms. The Labute approximate surface area is 172 Å². The molecule has 2 heterocycles. The average Bonchev–Trinajstić information content (AvgIpc) is 3.12. The number of hydrogen-bond acceptors (Lipinski definition) is 4. The number of rotatable bonds is 4. The molecule has 150 valence electrons. The van der Waals surface area contributed by atoms with Gasteiger partial charge in [0, 0.05) is 23.4 Å². The van der Waals surface area contributed by atoms with E-state index in [1.165, 1.54) is 18.2 Å². The van der Waals surface area contributed by atoms with E-state index >= 15 is 0 Å². The van der Waals surface area contributed by atoms with Gasteiger partial charge in [0.25, 0.3) is 5.56 Å². The summed E-state index contributed by atoms with van der Waals surface area (Å²) in [6.07, 6.45) is 3.33. The number of hydrogen-bond donors (Lipinski definition) is 1. The normalized spacial score (nSPS) is 11.3. The molecule has 0 saturated carbocycles. The van der Waals surface area contributed by atoms with Gasteiger partial charge in [-0.2, -0.15) is 14.9 Å². The molecule has 0 fully saturated rings. The largest absolute Gasteiger partial charge is 0.384 e. The van der Waals surface area contributed by atoms with Crippen LogP contribution in [0.5, 0.6) is 0 Å². The molecule has 0 aliphatic carbocycles. The first-order chi connectivity index (χ1) is 14.4. The van der Waals surface area contributed by atoms with Crippen molar-refractivity contribution in [1.82, 2.24) is 14.5 Å². The highest BCUT2D eigenvalue weighted by Crippen LogP contribution is 2.23. The minimum Gasteiger partial charge on any atom is -0.384 e. The number of anilines is 1. The molecule has 2 aromatic heterocycles. The van der Waals surface area contributed by atoms with Gasteiger partial charge in [0.2, 0.25) is 0 Å². The van der Waals surface area contributed by atoms with Gasteiger partial charge in [-0.05, 0) is 49.7 Å². The summed E-state index contributed by atoms with van der Waals surface area (Å²) >= 11 is 0. The minimum atomic E-state index is -0.319. The molecule has 0 unspecified atom stereocenters. The predicted octanol–water partition coefficient (Wildman–Crippen LogP) is 3.92. The first-order valence-corrected chi connectivity index (χ1v) is 9.37. The van der Waals surface area contributed by atoms with E-state index in [1.807, 2.05) is 31.2 Å². The standard InChI is InChI=1S/C23H20FN5O/c1-15-3-5-17(6-4-15)23-18(13-26-29-21(25)11-16(2)12-22(29)30)14-28(27-23)20-9-7-19(24)8-10-20/h3-14H,25H2,1-2H3/b26-13-. The molecular formula is C23H20FN5O. The quantitative estimate of drug-likeness (QED) is 0.527. The van der Waals surface area contributed by atoms with Gasteiger partial charge in [0.05, 0.1) is 11.9 Å². The maximum absolute atomic E-state index is 13.3. The van der Waals surface area contributed by atoms with E-state index in [9.17, 15) is 9.18 Å². The third-order valence-electron chi connectivity index (χ3n) is 4.65. The second-order valence-electron chi connectivity index (χ2n) is 7.07. The summed E-state index contributed by atoms with van der Waals surface area (Å²) < 4.78 is 16.1. The fourth-order valence-electron chi connectivity index (χ4n) is 3.11.